The number of hydrogen-bond donors (Lipinski definition) is 1. The SMILES string of the molecule is Cc1cc(-c2ccc3scnc3c2)nc2c(C(=O)N[C@@H](C)C3CC3)ncn12. The number of nitrogens with zero attached hydrogens (tertiary/aromatic N) is 4. The average molecular weight is 377 g/mol. The fourth-order valence-electron chi connectivity index (χ4n) is 3.44. The quantitative estimate of drug-likeness (QED) is 0.586. The molecule has 0 saturated heterocycles. The van der Waals surface area contributed by atoms with Gasteiger partial charge in [-0.05, 0) is 50.8 Å². The van der Waals surface area contributed by atoms with Gasteiger partial charge in [0.1, 0.15) is 6.33 Å². The zero-order valence-corrected chi connectivity index (χ0v) is 16.0. The average Bonchev–Trinajstić information content (AvgIpc) is 3.25. The van der Waals surface area contributed by atoms with E-state index in [9.17, 15) is 4.79 Å². The molecule has 3 aromatic heterocycles. The number of amides is 1. The fourth-order valence-corrected chi connectivity index (χ4v) is 4.09. The number of aromatic nitrogens is 4. The van der Waals surface area contributed by atoms with Gasteiger partial charge < -0.3 is 5.32 Å². The number of carbonyl (C=O) groups excluding carboxylic acids is 1. The molecule has 1 amide bonds. The van der Waals surface area contributed by atoms with Gasteiger partial charge in [-0.15, -0.1) is 11.3 Å². The number of benzene rings is 1. The Morgan fingerprint density at radius 3 is 2.96 bits per heavy atom. The highest BCUT2D eigenvalue weighted by molar-refractivity contribution is 7.16. The molecule has 1 fully saturated rings. The van der Waals surface area contributed by atoms with Crippen LogP contribution in [0.2, 0.25) is 0 Å². The molecule has 0 aliphatic heterocycles. The van der Waals surface area contributed by atoms with Gasteiger partial charge >= 0.3 is 0 Å². The number of carbonyl (C=O) groups is 1. The van der Waals surface area contributed by atoms with Crippen LogP contribution in [0.3, 0.4) is 0 Å². The normalized spacial score (nSPS) is 15.3. The van der Waals surface area contributed by atoms with E-state index in [0.717, 1.165) is 27.2 Å². The van der Waals surface area contributed by atoms with Gasteiger partial charge in [0.25, 0.3) is 5.91 Å². The molecular weight excluding hydrogens is 358 g/mol. The number of rotatable bonds is 4. The summed E-state index contributed by atoms with van der Waals surface area (Å²) in [6, 6.07) is 8.33. The van der Waals surface area contributed by atoms with E-state index < -0.39 is 0 Å². The van der Waals surface area contributed by atoms with Gasteiger partial charge in [0.15, 0.2) is 11.3 Å². The fraction of sp³-hybridized carbons (Fsp3) is 0.300. The third kappa shape index (κ3) is 2.88. The lowest BCUT2D eigenvalue weighted by Gasteiger charge is -2.12. The second-order valence-corrected chi connectivity index (χ2v) is 8.09. The van der Waals surface area contributed by atoms with Crippen LogP contribution in [0.25, 0.3) is 27.1 Å². The van der Waals surface area contributed by atoms with Crippen molar-refractivity contribution in [1.29, 1.82) is 0 Å². The number of fused-ring (bicyclic) bond motifs is 2. The van der Waals surface area contributed by atoms with Gasteiger partial charge in [0.05, 0.1) is 21.4 Å². The van der Waals surface area contributed by atoms with Crippen LogP contribution >= 0.6 is 11.3 Å². The molecule has 136 valence electrons. The van der Waals surface area contributed by atoms with Crippen molar-refractivity contribution in [2.75, 3.05) is 0 Å². The van der Waals surface area contributed by atoms with Crippen molar-refractivity contribution in [3.05, 3.63) is 47.5 Å². The summed E-state index contributed by atoms with van der Waals surface area (Å²) in [5.41, 5.74) is 6.55. The molecule has 7 heteroatoms. The summed E-state index contributed by atoms with van der Waals surface area (Å²) in [6.07, 6.45) is 4.04. The highest BCUT2D eigenvalue weighted by Gasteiger charge is 2.30. The first-order valence-electron chi connectivity index (χ1n) is 9.09. The lowest BCUT2D eigenvalue weighted by molar-refractivity contribution is 0.0933. The van der Waals surface area contributed by atoms with Crippen molar-refractivity contribution in [1.82, 2.24) is 24.7 Å². The van der Waals surface area contributed by atoms with E-state index in [1.807, 2.05) is 35.0 Å². The van der Waals surface area contributed by atoms with Crippen LogP contribution in [0.15, 0.2) is 36.1 Å². The minimum absolute atomic E-state index is 0.157. The first-order valence-corrected chi connectivity index (χ1v) is 9.97. The van der Waals surface area contributed by atoms with Gasteiger partial charge in [-0.3, -0.25) is 9.20 Å². The van der Waals surface area contributed by atoms with Crippen molar-refractivity contribution >= 4 is 33.1 Å². The molecule has 6 nitrogen and oxygen atoms in total. The smallest absolute Gasteiger partial charge is 0.274 e. The molecular formula is C20H19N5OS. The Labute approximate surface area is 160 Å². The number of imidazole rings is 1. The van der Waals surface area contributed by atoms with E-state index >= 15 is 0 Å². The zero-order valence-electron chi connectivity index (χ0n) is 15.1. The standard InChI is InChI=1S/C20H19N5OS/c1-11-7-15(14-5-6-17-16(8-14)22-10-27-17)24-19-18(21-9-25(11)19)20(26)23-12(2)13-3-4-13/h5-10,12-13H,3-4H2,1-2H3,(H,23,26)/t12-/m0/s1. The Kier molecular flexibility index (Phi) is 3.72. The maximum Gasteiger partial charge on any atom is 0.274 e. The maximum absolute atomic E-state index is 12.7. The molecule has 1 saturated carbocycles. The first-order chi connectivity index (χ1) is 13.1. The predicted octanol–water partition coefficient (Wildman–Crippen LogP) is 3.84. The molecule has 27 heavy (non-hydrogen) atoms. The lowest BCUT2D eigenvalue weighted by atomic mass is 10.1. The van der Waals surface area contributed by atoms with Crippen LogP contribution in [0.4, 0.5) is 0 Å². The minimum atomic E-state index is -0.157. The Balaban J connectivity index is 1.57. The second-order valence-electron chi connectivity index (χ2n) is 7.20. The Hall–Kier alpha value is -2.80. The number of aryl methyl sites for hydroxylation is 1. The van der Waals surface area contributed by atoms with Crippen LogP contribution in [-0.4, -0.2) is 31.3 Å². The third-order valence-electron chi connectivity index (χ3n) is 5.22. The molecule has 0 bridgehead atoms. The van der Waals surface area contributed by atoms with Crippen molar-refractivity contribution < 1.29 is 4.79 Å². The summed E-state index contributed by atoms with van der Waals surface area (Å²) in [5.74, 6) is 0.439. The van der Waals surface area contributed by atoms with Crippen LogP contribution in [0, 0.1) is 12.8 Å². The second kappa shape index (κ2) is 6.13. The van der Waals surface area contributed by atoms with E-state index in [0.29, 0.717) is 17.3 Å². The van der Waals surface area contributed by atoms with Gasteiger partial charge in [-0.2, -0.15) is 0 Å². The summed E-state index contributed by atoms with van der Waals surface area (Å²) < 4.78 is 3.01. The van der Waals surface area contributed by atoms with Gasteiger partial charge in [0.2, 0.25) is 0 Å². The molecule has 1 aliphatic carbocycles. The molecule has 0 spiro atoms. The monoisotopic (exact) mass is 377 g/mol. The largest absolute Gasteiger partial charge is 0.348 e. The van der Waals surface area contributed by atoms with Gasteiger partial charge in [-0.1, -0.05) is 6.07 Å². The summed E-state index contributed by atoms with van der Waals surface area (Å²) in [5, 5.41) is 3.07. The van der Waals surface area contributed by atoms with E-state index in [-0.39, 0.29) is 11.9 Å². The molecule has 4 aromatic rings. The number of nitrogens with one attached hydrogen (secondary N) is 1. The zero-order chi connectivity index (χ0) is 18.5. The van der Waals surface area contributed by atoms with Crippen LogP contribution in [-0.2, 0) is 0 Å². The van der Waals surface area contributed by atoms with Crippen molar-refractivity contribution in [2.45, 2.75) is 32.7 Å². The maximum atomic E-state index is 12.7. The van der Waals surface area contributed by atoms with Crippen molar-refractivity contribution in [3.63, 3.8) is 0 Å². The molecule has 1 N–H and O–H groups in total. The summed E-state index contributed by atoms with van der Waals surface area (Å²) in [4.78, 5) is 26.2. The van der Waals surface area contributed by atoms with Crippen LogP contribution in [0.1, 0.15) is 35.9 Å². The third-order valence-corrected chi connectivity index (χ3v) is 6.03. The Morgan fingerprint density at radius 1 is 1.30 bits per heavy atom. The molecule has 0 radical (unpaired) electrons. The van der Waals surface area contributed by atoms with Gasteiger partial charge in [0, 0.05) is 17.3 Å². The van der Waals surface area contributed by atoms with E-state index in [1.165, 1.54) is 12.8 Å². The molecule has 3 heterocycles. The summed E-state index contributed by atoms with van der Waals surface area (Å²) in [7, 11) is 0. The van der Waals surface area contributed by atoms with E-state index in [4.69, 9.17) is 4.98 Å². The molecule has 1 aromatic carbocycles. The number of thiazole rings is 1. The highest BCUT2D eigenvalue weighted by Crippen LogP contribution is 2.32. The molecule has 1 aliphatic rings. The Bertz CT molecular complexity index is 1170. The van der Waals surface area contributed by atoms with Crippen molar-refractivity contribution in [3.8, 4) is 11.3 Å². The Morgan fingerprint density at radius 2 is 2.15 bits per heavy atom. The minimum Gasteiger partial charge on any atom is -0.348 e. The number of hydrogen-bond acceptors (Lipinski definition) is 5. The van der Waals surface area contributed by atoms with E-state index in [2.05, 4.69) is 28.3 Å². The molecule has 1 atom stereocenters. The molecule has 5 rings (SSSR count). The first kappa shape index (κ1) is 16.4. The predicted molar refractivity (Wildman–Crippen MR) is 106 cm³/mol. The van der Waals surface area contributed by atoms with Crippen molar-refractivity contribution in [2.24, 2.45) is 5.92 Å². The highest BCUT2D eigenvalue weighted by atomic mass is 32.1. The summed E-state index contributed by atoms with van der Waals surface area (Å²) in [6.45, 7) is 4.05. The van der Waals surface area contributed by atoms with Gasteiger partial charge in [-0.25, -0.2) is 15.0 Å². The van der Waals surface area contributed by atoms with Crippen LogP contribution < -0.4 is 5.32 Å². The van der Waals surface area contributed by atoms with Crippen LogP contribution in [0.5, 0.6) is 0 Å². The topological polar surface area (TPSA) is 72.2 Å². The van der Waals surface area contributed by atoms with E-state index in [1.54, 1.807) is 17.7 Å². The lowest BCUT2D eigenvalue weighted by Crippen LogP contribution is -2.34. The molecule has 0 unspecified atom stereocenters. The summed E-state index contributed by atoms with van der Waals surface area (Å²) >= 11 is 1.62.